The highest BCUT2D eigenvalue weighted by Gasteiger charge is 2.40. The highest BCUT2D eigenvalue weighted by atomic mass is 19.4. The number of unbranched alkanes of at least 4 members (excludes halogenated alkanes) is 1. The number of rotatable bonds is 5. The minimum Gasteiger partial charge on any atom is -0.467 e. The number of carbonyl (C=O) groups is 2. The van der Waals surface area contributed by atoms with Gasteiger partial charge in [-0.05, 0) is 6.42 Å². The quantitative estimate of drug-likeness (QED) is 0.740. The third-order valence-corrected chi connectivity index (χ3v) is 1.89. The lowest BCUT2D eigenvalue weighted by molar-refractivity contribution is -0.175. The van der Waals surface area contributed by atoms with Crippen LogP contribution in [-0.2, 0) is 14.3 Å². The number of esters is 1. The summed E-state index contributed by atoms with van der Waals surface area (Å²) >= 11 is 0. The van der Waals surface area contributed by atoms with Gasteiger partial charge in [0.05, 0.1) is 7.11 Å². The second kappa shape index (κ2) is 6.34. The van der Waals surface area contributed by atoms with E-state index in [0.29, 0.717) is 12.8 Å². The van der Waals surface area contributed by atoms with Crippen LogP contribution in [0, 0.1) is 0 Å². The molecule has 0 aliphatic rings. The molecule has 0 aromatic rings. The summed E-state index contributed by atoms with van der Waals surface area (Å²) in [6.07, 6.45) is -3.63. The van der Waals surface area contributed by atoms with Crippen molar-refractivity contribution in [3.63, 3.8) is 0 Å². The van der Waals surface area contributed by atoms with Crippen LogP contribution in [0.1, 0.15) is 26.2 Å². The molecule has 1 unspecified atom stereocenters. The van der Waals surface area contributed by atoms with Crippen LogP contribution < -0.4 is 5.32 Å². The van der Waals surface area contributed by atoms with Gasteiger partial charge in [-0.25, -0.2) is 4.79 Å². The molecule has 0 saturated carbocycles. The summed E-state index contributed by atoms with van der Waals surface area (Å²) in [6, 6.07) is -1.24. The lowest BCUT2D eigenvalue weighted by Crippen LogP contribution is -2.47. The Hall–Kier alpha value is -1.27. The van der Waals surface area contributed by atoms with E-state index < -0.39 is 24.1 Å². The van der Waals surface area contributed by atoms with Crippen molar-refractivity contribution in [3.8, 4) is 0 Å². The smallest absolute Gasteiger partial charge is 0.467 e. The van der Waals surface area contributed by atoms with Crippen LogP contribution in [0.15, 0.2) is 0 Å². The molecule has 1 N–H and O–H groups in total. The van der Waals surface area contributed by atoms with Crippen LogP contribution in [0.2, 0.25) is 0 Å². The predicted molar refractivity (Wildman–Crippen MR) is 49.5 cm³/mol. The monoisotopic (exact) mass is 241 g/mol. The molecule has 0 aliphatic heterocycles. The molecule has 0 rings (SSSR count). The van der Waals surface area contributed by atoms with Gasteiger partial charge in [0.25, 0.3) is 0 Å². The number of ether oxygens (including phenoxy) is 1. The fraction of sp³-hybridized carbons (Fsp3) is 0.778. The normalized spacial score (nSPS) is 13.1. The van der Waals surface area contributed by atoms with E-state index in [1.807, 2.05) is 6.92 Å². The summed E-state index contributed by atoms with van der Waals surface area (Å²) in [7, 11) is 1.06. The average molecular weight is 241 g/mol. The fourth-order valence-corrected chi connectivity index (χ4v) is 1.04. The summed E-state index contributed by atoms with van der Waals surface area (Å²) in [4.78, 5) is 21.7. The zero-order chi connectivity index (χ0) is 12.8. The molecule has 0 radical (unpaired) electrons. The number of alkyl halides is 3. The minimum atomic E-state index is -4.99. The molecule has 0 aliphatic carbocycles. The van der Waals surface area contributed by atoms with E-state index in [1.165, 1.54) is 0 Å². The molecule has 4 nitrogen and oxygen atoms in total. The Bertz CT molecular complexity index is 253. The lowest BCUT2D eigenvalue weighted by Gasteiger charge is -2.16. The molecular formula is C9H14F3NO3. The molecule has 1 atom stereocenters. The molecule has 16 heavy (non-hydrogen) atoms. The SMILES string of the molecule is CCCCC(NC(=O)C(F)(F)F)C(=O)OC. The highest BCUT2D eigenvalue weighted by Crippen LogP contribution is 2.15. The van der Waals surface area contributed by atoms with Crippen LogP contribution in [0.4, 0.5) is 13.2 Å². The van der Waals surface area contributed by atoms with Crippen molar-refractivity contribution in [1.82, 2.24) is 5.32 Å². The van der Waals surface area contributed by atoms with Gasteiger partial charge < -0.3 is 10.1 Å². The third-order valence-electron chi connectivity index (χ3n) is 1.89. The molecule has 0 aromatic heterocycles. The van der Waals surface area contributed by atoms with Crippen molar-refractivity contribution in [3.05, 3.63) is 0 Å². The topological polar surface area (TPSA) is 55.4 Å². The number of halogens is 3. The van der Waals surface area contributed by atoms with Crippen LogP contribution in [0.5, 0.6) is 0 Å². The van der Waals surface area contributed by atoms with E-state index in [0.717, 1.165) is 7.11 Å². The average Bonchev–Trinajstić information content (AvgIpc) is 2.21. The Morgan fingerprint density at radius 2 is 1.94 bits per heavy atom. The maximum atomic E-state index is 11.9. The maximum Gasteiger partial charge on any atom is 0.471 e. The molecule has 0 aromatic carbocycles. The molecule has 7 heteroatoms. The van der Waals surface area contributed by atoms with Gasteiger partial charge in [-0.15, -0.1) is 0 Å². The number of nitrogens with one attached hydrogen (secondary N) is 1. The molecule has 0 heterocycles. The fourth-order valence-electron chi connectivity index (χ4n) is 1.04. The Morgan fingerprint density at radius 3 is 2.31 bits per heavy atom. The Labute approximate surface area is 91.1 Å². The third kappa shape index (κ3) is 4.99. The number of hydrogen-bond donors (Lipinski definition) is 1. The number of carbonyl (C=O) groups excluding carboxylic acids is 2. The van der Waals surface area contributed by atoms with Crippen molar-refractivity contribution in [1.29, 1.82) is 0 Å². The lowest BCUT2D eigenvalue weighted by atomic mass is 10.1. The maximum absolute atomic E-state index is 11.9. The van der Waals surface area contributed by atoms with E-state index in [1.54, 1.807) is 5.32 Å². The van der Waals surface area contributed by atoms with Crippen molar-refractivity contribution in [2.24, 2.45) is 0 Å². The van der Waals surface area contributed by atoms with E-state index >= 15 is 0 Å². The van der Waals surface area contributed by atoms with Gasteiger partial charge in [0.15, 0.2) is 0 Å². The van der Waals surface area contributed by atoms with Gasteiger partial charge in [0, 0.05) is 0 Å². The van der Waals surface area contributed by atoms with Gasteiger partial charge in [0.1, 0.15) is 6.04 Å². The molecule has 0 saturated heterocycles. The van der Waals surface area contributed by atoms with Gasteiger partial charge in [-0.1, -0.05) is 19.8 Å². The second-order valence-electron chi connectivity index (χ2n) is 3.19. The summed E-state index contributed by atoms with van der Waals surface area (Å²) < 4.78 is 40.1. The molecular weight excluding hydrogens is 227 g/mol. The zero-order valence-electron chi connectivity index (χ0n) is 9.06. The summed E-state index contributed by atoms with van der Waals surface area (Å²) in [5.41, 5.74) is 0. The molecule has 1 amide bonds. The van der Waals surface area contributed by atoms with E-state index in [4.69, 9.17) is 0 Å². The Balaban J connectivity index is 4.42. The number of amides is 1. The van der Waals surface area contributed by atoms with E-state index in [-0.39, 0.29) is 6.42 Å². The largest absolute Gasteiger partial charge is 0.471 e. The standard InChI is InChI=1S/C9H14F3NO3/c1-3-4-5-6(7(14)16-2)13-8(15)9(10,11)12/h6H,3-5H2,1-2H3,(H,13,15). The Morgan fingerprint density at radius 1 is 1.38 bits per heavy atom. The minimum absolute atomic E-state index is 0.130. The zero-order valence-corrected chi connectivity index (χ0v) is 9.06. The number of methoxy groups -OCH3 is 1. The first-order valence-corrected chi connectivity index (χ1v) is 4.78. The second-order valence-corrected chi connectivity index (χ2v) is 3.19. The predicted octanol–water partition coefficient (Wildman–Crippen LogP) is 1.40. The molecule has 0 bridgehead atoms. The van der Waals surface area contributed by atoms with Gasteiger partial charge >= 0.3 is 18.1 Å². The van der Waals surface area contributed by atoms with Gasteiger partial charge in [-0.2, -0.15) is 13.2 Å². The summed E-state index contributed by atoms with van der Waals surface area (Å²) in [5.74, 6) is -3.00. The van der Waals surface area contributed by atoms with Gasteiger partial charge in [-0.3, -0.25) is 4.79 Å². The van der Waals surface area contributed by atoms with Crippen LogP contribution in [0.25, 0.3) is 0 Å². The first-order chi connectivity index (χ1) is 7.32. The molecule has 0 spiro atoms. The van der Waals surface area contributed by atoms with Crippen molar-refractivity contribution in [2.75, 3.05) is 7.11 Å². The summed E-state index contributed by atoms with van der Waals surface area (Å²) in [6.45, 7) is 1.82. The number of hydrogen-bond acceptors (Lipinski definition) is 3. The van der Waals surface area contributed by atoms with Crippen LogP contribution in [-0.4, -0.2) is 31.2 Å². The van der Waals surface area contributed by atoms with Gasteiger partial charge in [0.2, 0.25) is 0 Å². The van der Waals surface area contributed by atoms with Crippen LogP contribution >= 0.6 is 0 Å². The molecule has 94 valence electrons. The first-order valence-electron chi connectivity index (χ1n) is 4.78. The Kier molecular flexibility index (Phi) is 5.84. The van der Waals surface area contributed by atoms with Crippen molar-refractivity contribution >= 4 is 11.9 Å². The summed E-state index contributed by atoms with van der Waals surface area (Å²) in [5, 5.41) is 1.60. The van der Waals surface area contributed by atoms with Crippen molar-refractivity contribution in [2.45, 2.75) is 38.4 Å². The van der Waals surface area contributed by atoms with E-state index in [9.17, 15) is 22.8 Å². The molecule has 0 fully saturated rings. The van der Waals surface area contributed by atoms with Crippen LogP contribution in [0.3, 0.4) is 0 Å². The first kappa shape index (κ1) is 14.7. The van der Waals surface area contributed by atoms with E-state index in [2.05, 4.69) is 4.74 Å². The van der Waals surface area contributed by atoms with Crippen molar-refractivity contribution < 1.29 is 27.5 Å². The highest BCUT2D eigenvalue weighted by molar-refractivity contribution is 5.87.